The fraction of sp³-hybridized carbons (Fsp3) is 0.167. The van der Waals surface area contributed by atoms with Crippen molar-refractivity contribution < 1.29 is 14.3 Å². The number of nitrogens with two attached hydrogens (primary N) is 1. The van der Waals surface area contributed by atoms with Gasteiger partial charge in [-0.05, 0) is 30.2 Å². The lowest BCUT2D eigenvalue weighted by Gasteiger charge is -2.05. The van der Waals surface area contributed by atoms with Crippen LogP contribution in [-0.4, -0.2) is 20.9 Å². The average Bonchev–Trinajstić information content (AvgIpc) is 2.64. The largest absolute Gasteiger partial charge is 0.476 e. The van der Waals surface area contributed by atoms with E-state index < -0.39 is 5.97 Å². The second kappa shape index (κ2) is 4.48. The fourth-order valence-electron chi connectivity index (χ4n) is 1.70. The Morgan fingerprint density at radius 3 is 2.83 bits per heavy atom. The maximum atomic E-state index is 12.9. The molecule has 0 saturated heterocycles. The van der Waals surface area contributed by atoms with Gasteiger partial charge in [0, 0.05) is 6.20 Å². The van der Waals surface area contributed by atoms with Gasteiger partial charge in [0.1, 0.15) is 5.82 Å². The molecule has 0 saturated carbocycles. The Bertz CT molecular complexity index is 607. The molecule has 0 spiro atoms. The third-order valence-corrected chi connectivity index (χ3v) is 2.63. The Morgan fingerprint density at radius 1 is 1.56 bits per heavy atom. The molecular formula is C12H12FN3O2. The zero-order valence-electron chi connectivity index (χ0n) is 9.72. The molecule has 0 unspecified atom stereocenters. The number of anilines is 1. The Balaban J connectivity index is 2.29. The van der Waals surface area contributed by atoms with Crippen LogP contribution in [0.5, 0.6) is 0 Å². The van der Waals surface area contributed by atoms with Crippen LogP contribution in [-0.2, 0) is 6.54 Å². The van der Waals surface area contributed by atoms with Crippen LogP contribution >= 0.6 is 0 Å². The van der Waals surface area contributed by atoms with Crippen molar-refractivity contribution in [3.8, 4) is 0 Å². The molecule has 0 radical (unpaired) electrons. The van der Waals surface area contributed by atoms with Gasteiger partial charge in [-0.1, -0.05) is 6.07 Å². The molecule has 1 aromatic carbocycles. The highest BCUT2D eigenvalue weighted by Gasteiger charge is 2.13. The highest BCUT2D eigenvalue weighted by molar-refractivity contribution is 5.91. The SMILES string of the molecule is Cc1cc(F)ccc1Cn1cc(N)c(C(=O)O)n1. The maximum absolute atomic E-state index is 12.9. The number of carbonyl (C=O) groups is 1. The van der Waals surface area contributed by atoms with Crippen LogP contribution in [0.2, 0.25) is 0 Å². The van der Waals surface area contributed by atoms with E-state index in [1.807, 2.05) is 0 Å². The van der Waals surface area contributed by atoms with Crippen LogP contribution in [0, 0.1) is 12.7 Å². The molecular weight excluding hydrogens is 237 g/mol. The third-order valence-electron chi connectivity index (χ3n) is 2.63. The maximum Gasteiger partial charge on any atom is 0.358 e. The van der Waals surface area contributed by atoms with E-state index in [1.165, 1.54) is 23.0 Å². The normalized spacial score (nSPS) is 10.6. The number of aromatic nitrogens is 2. The quantitative estimate of drug-likeness (QED) is 0.866. The minimum absolute atomic E-state index is 0.113. The van der Waals surface area contributed by atoms with Crippen molar-refractivity contribution >= 4 is 11.7 Å². The number of hydrogen-bond acceptors (Lipinski definition) is 3. The number of hydrogen-bond donors (Lipinski definition) is 2. The lowest BCUT2D eigenvalue weighted by atomic mass is 10.1. The molecule has 1 heterocycles. The number of rotatable bonds is 3. The van der Waals surface area contributed by atoms with Gasteiger partial charge in [-0.15, -0.1) is 0 Å². The summed E-state index contributed by atoms with van der Waals surface area (Å²) in [7, 11) is 0. The third kappa shape index (κ3) is 2.32. The lowest BCUT2D eigenvalue weighted by molar-refractivity contribution is 0.0690. The Hall–Kier alpha value is -2.37. The first-order chi connectivity index (χ1) is 8.47. The number of carboxylic acid groups (broad SMARTS) is 1. The Kier molecular flexibility index (Phi) is 3.01. The second-order valence-electron chi connectivity index (χ2n) is 4.01. The van der Waals surface area contributed by atoms with E-state index in [2.05, 4.69) is 5.10 Å². The summed E-state index contributed by atoms with van der Waals surface area (Å²) in [6.07, 6.45) is 1.45. The van der Waals surface area contributed by atoms with Crippen molar-refractivity contribution in [1.29, 1.82) is 0 Å². The Labute approximate surface area is 103 Å². The van der Waals surface area contributed by atoms with Gasteiger partial charge < -0.3 is 10.8 Å². The van der Waals surface area contributed by atoms with Crippen molar-refractivity contribution in [2.75, 3.05) is 5.73 Å². The van der Waals surface area contributed by atoms with Gasteiger partial charge in [0.25, 0.3) is 0 Å². The molecule has 0 fully saturated rings. The van der Waals surface area contributed by atoms with Gasteiger partial charge in [0.05, 0.1) is 12.2 Å². The first-order valence-corrected chi connectivity index (χ1v) is 5.28. The van der Waals surface area contributed by atoms with Crippen molar-refractivity contribution in [3.63, 3.8) is 0 Å². The number of aromatic carboxylic acids is 1. The summed E-state index contributed by atoms with van der Waals surface area (Å²) in [5.41, 5.74) is 7.11. The molecule has 0 aliphatic heterocycles. The number of aryl methyl sites for hydroxylation is 1. The van der Waals surface area contributed by atoms with Gasteiger partial charge in [0.2, 0.25) is 0 Å². The molecule has 2 rings (SSSR count). The summed E-state index contributed by atoms with van der Waals surface area (Å²) >= 11 is 0. The van der Waals surface area contributed by atoms with Gasteiger partial charge in [-0.2, -0.15) is 5.10 Å². The smallest absolute Gasteiger partial charge is 0.358 e. The van der Waals surface area contributed by atoms with Gasteiger partial charge >= 0.3 is 5.97 Å². The summed E-state index contributed by atoms with van der Waals surface area (Å²) < 4.78 is 14.4. The van der Waals surface area contributed by atoms with E-state index in [0.717, 1.165) is 11.1 Å². The molecule has 0 aliphatic rings. The topological polar surface area (TPSA) is 81.1 Å². The zero-order valence-corrected chi connectivity index (χ0v) is 9.72. The molecule has 0 atom stereocenters. The fourth-order valence-corrected chi connectivity index (χ4v) is 1.70. The molecule has 0 amide bonds. The number of nitrogen functional groups attached to an aromatic ring is 1. The average molecular weight is 249 g/mol. The number of halogens is 1. The van der Waals surface area contributed by atoms with E-state index in [-0.39, 0.29) is 17.2 Å². The van der Waals surface area contributed by atoms with Crippen LogP contribution in [0.25, 0.3) is 0 Å². The zero-order chi connectivity index (χ0) is 13.3. The van der Waals surface area contributed by atoms with Gasteiger partial charge in [-0.25, -0.2) is 9.18 Å². The molecule has 18 heavy (non-hydrogen) atoms. The highest BCUT2D eigenvalue weighted by Crippen LogP contribution is 2.14. The molecule has 6 heteroatoms. The number of carboxylic acids is 1. The second-order valence-corrected chi connectivity index (χ2v) is 4.01. The van der Waals surface area contributed by atoms with Gasteiger partial charge in [-0.3, -0.25) is 4.68 Å². The minimum atomic E-state index is -1.16. The first kappa shape index (κ1) is 12.1. The first-order valence-electron chi connectivity index (χ1n) is 5.28. The van der Waals surface area contributed by atoms with Crippen LogP contribution in [0.3, 0.4) is 0 Å². The van der Waals surface area contributed by atoms with Crippen molar-refractivity contribution in [2.45, 2.75) is 13.5 Å². The lowest BCUT2D eigenvalue weighted by Crippen LogP contribution is -2.05. The van der Waals surface area contributed by atoms with Crippen LogP contribution in [0.4, 0.5) is 10.1 Å². The summed E-state index contributed by atoms with van der Waals surface area (Å²) in [6, 6.07) is 4.41. The van der Waals surface area contributed by atoms with Crippen LogP contribution in [0.15, 0.2) is 24.4 Å². The van der Waals surface area contributed by atoms with E-state index in [9.17, 15) is 9.18 Å². The predicted molar refractivity (Wildman–Crippen MR) is 63.8 cm³/mol. The number of nitrogens with zero attached hydrogens (tertiary/aromatic N) is 2. The van der Waals surface area contributed by atoms with E-state index in [4.69, 9.17) is 10.8 Å². The molecule has 0 aliphatic carbocycles. The minimum Gasteiger partial charge on any atom is -0.476 e. The molecule has 2 aromatic rings. The Morgan fingerprint density at radius 2 is 2.28 bits per heavy atom. The summed E-state index contributed by atoms with van der Waals surface area (Å²) in [5.74, 6) is -1.47. The summed E-state index contributed by atoms with van der Waals surface area (Å²) in [4.78, 5) is 10.8. The van der Waals surface area contributed by atoms with E-state index in [1.54, 1.807) is 13.0 Å². The standard InChI is InChI=1S/C12H12FN3O2/c1-7-4-9(13)3-2-8(7)5-16-6-10(14)11(15-16)12(17)18/h2-4,6H,5,14H2,1H3,(H,17,18). The van der Waals surface area contributed by atoms with E-state index in [0.29, 0.717) is 6.54 Å². The van der Waals surface area contributed by atoms with Crippen LogP contribution < -0.4 is 5.73 Å². The molecule has 1 aromatic heterocycles. The van der Waals surface area contributed by atoms with Gasteiger partial charge in [0.15, 0.2) is 5.69 Å². The number of benzene rings is 1. The molecule has 94 valence electrons. The monoisotopic (exact) mass is 249 g/mol. The van der Waals surface area contributed by atoms with Crippen LogP contribution in [0.1, 0.15) is 21.6 Å². The predicted octanol–water partition coefficient (Wildman–Crippen LogP) is 1.66. The molecule has 3 N–H and O–H groups in total. The molecule has 5 nitrogen and oxygen atoms in total. The van der Waals surface area contributed by atoms with Crippen molar-refractivity contribution in [3.05, 3.63) is 47.0 Å². The van der Waals surface area contributed by atoms with E-state index >= 15 is 0 Å². The van der Waals surface area contributed by atoms with Crippen molar-refractivity contribution in [2.24, 2.45) is 0 Å². The molecule has 0 bridgehead atoms. The highest BCUT2D eigenvalue weighted by atomic mass is 19.1. The summed E-state index contributed by atoms with van der Waals surface area (Å²) in [6.45, 7) is 2.13. The van der Waals surface area contributed by atoms with Crippen molar-refractivity contribution in [1.82, 2.24) is 9.78 Å². The summed E-state index contributed by atoms with van der Waals surface area (Å²) in [5, 5.41) is 12.7.